The SMILES string of the molecule is CC1CC(C(=O)O)CN(C(=O)NCCNS(=O)(=O)c2cccs2)C1. The molecule has 0 bridgehead atoms. The van der Waals surface area contributed by atoms with Gasteiger partial charge in [-0.25, -0.2) is 17.9 Å². The zero-order valence-electron chi connectivity index (χ0n) is 13.3. The van der Waals surface area contributed by atoms with Crippen LogP contribution in [0.15, 0.2) is 21.7 Å². The Morgan fingerprint density at radius 3 is 2.75 bits per heavy atom. The molecule has 0 saturated carbocycles. The summed E-state index contributed by atoms with van der Waals surface area (Å²) in [5, 5.41) is 13.4. The number of nitrogens with one attached hydrogen (secondary N) is 2. The minimum Gasteiger partial charge on any atom is -0.481 e. The van der Waals surface area contributed by atoms with Crippen LogP contribution in [0, 0.1) is 11.8 Å². The molecule has 1 fully saturated rings. The van der Waals surface area contributed by atoms with Crippen molar-refractivity contribution in [1.29, 1.82) is 0 Å². The summed E-state index contributed by atoms with van der Waals surface area (Å²) in [5.41, 5.74) is 0. The second-order valence-electron chi connectivity index (χ2n) is 5.84. The lowest BCUT2D eigenvalue weighted by molar-refractivity contribution is -0.143. The summed E-state index contributed by atoms with van der Waals surface area (Å²) in [6.07, 6.45) is 0.555. The number of hydrogen-bond acceptors (Lipinski definition) is 5. The summed E-state index contributed by atoms with van der Waals surface area (Å²) in [6.45, 7) is 2.78. The smallest absolute Gasteiger partial charge is 0.317 e. The first kappa shape index (κ1) is 18.7. The number of likely N-dealkylation sites (tertiary alicyclic amines) is 1. The van der Waals surface area contributed by atoms with E-state index in [0.717, 1.165) is 11.3 Å². The Bertz CT molecular complexity index is 675. The minimum atomic E-state index is -3.54. The van der Waals surface area contributed by atoms with Gasteiger partial charge in [-0.05, 0) is 23.8 Å². The van der Waals surface area contributed by atoms with Gasteiger partial charge in [0.2, 0.25) is 10.0 Å². The second kappa shape index (κ2) is 7.95. The van der Waals surface area contributed by atoms with Crippen molar-refractivity contribution in [1.82, 2.24) is 14.9 Å². The number of piperidine rings is 1. The predicted molar refractivity (Wildman–Crippen MR) is 89.4 cm³/mol. The first-order valence-corrected chi connectivity index (χ1v) is 9.94. The molecule has 0 radical (unpaired) electrons. The fourth-order valence-electron chi connectivity index (χ4n) is 2.65. The maximum absolute atomic E-state index is 12.1. The molecule has 2 rings (SSSR count). The molecular formula is C14H21N3O5S2. The Kier molecular flexibility index (Phi) is 6.19. The third kappa shape index (κ3) is 4.92. The number of hydrogen-bond donors (Lipinski definition) is 3. The van der Waals surface area contributed by atoms with Gasteiger partial charge in [0.05, 0.1) is 5.92 Å². The van der Waals surface area contributed by atoms with Crippen molar-refractivity contribution in [2.45, 2.75) is 17.6 Å². The predicted octanol–water partition coefficient (Wildman–Crippen LogP) is 0.779. The Morgan fingerprint density at radius 1 is 1.38 bits per heavy atom. The third-order valence-electron chi connectivity index (χ3n) is 3.75. The van der Waals surface area contributed by atoms with Crippen LogP contribution in [0.25, 0.3) is 0 Å². The van der Waals surface area contributed by atoms with Gasteiger partial charge in [-0.3, -0.25) is 4.79 Å². The number of amides is 2. The molecule has 24 heavy (non-hydrogen) atoms. The molecule has 0 aliphatic carbocycles. The van der Waals surface area contributed by atoms with Crippen LogP contribution in [-0.2, 0) is 14.8 Å². The Hall–Kier alpha value is -1.65. The summed E-state index contributed by atoms with van der Waals surface area (Å²) in [7, 11) is -3.54. The van der Waals surface area contributed by atoms with Crippen LogP contribution in [0.3, 0.4) is 0 Å². The molecule has 8 nitrogen and oxygen atoms in total. The van der Waals surface area contributed by atoms with Crippen LogP contribution in [-0.4, -0.2) is 56.6 Å². The highest BCUT2D eigenvalue weighted by Crippen LogP contribution is 2.21. The van der Waals surface area contributed by atoms with Crippen molar-refractivity contribution < 1.29 is 23.1 Å². The maximum Gasteiger partial charge on any atom is 0.317 e. The van der Waals surface area contributed by atoms with Crippen molar-refractivity contribution in [3.8, 4) is 0 Å². The fraction of sp³-hybridized carbons (Fsp3) is 0.571. The molecular weight excluding hydrogens is 354 g/mol. The largest absolute Gasteiger partial charge is 0.481 e. The average Bonchev–Trinajstić information content (AvgIpc) is 3.06. The van der Waals surface area contributed by atoms with Gasteiger partial charge < -0.3 is 15.3 Å². The van der Waals surface area contributed by atoms with Gasteiger partial charge in [-0.2, -0.15) is 0 Å². The fourth-order valence-corrected chi connectivity index (χ4v) is 4.72. The molecule has 0 aromatic carbocycles. The molecule has 2 heterocycles. The van der Waals surface area contributed by atoms with Crippen molar-refractivity contribution in [3.63, 3.8) is 0 Å². The maximum atomic E-state index is 12.1. The molecule has 2 atom stereocenters. The van der Waals surface area contributed by atoms with E-state index in [4.69, 9.17) is 5.11 Å². The number of thiophene rings is 1. The number of carboxylic acid groups (broad SMARTS) is 1. The van der Waals surface area contributed by atoms with Crippen molar-refractivity contribution in [2.24, 2.45) is 11.8 Å². The molecule has 1 aliphatic rings. The van der Waals surface area contributed by atoms with E-state index in [1.54, 1.807) is 11.4 Å². The van der Waals surface area contributed by atoms with E-state index in [9.17, 15) is 18.0 Å². The van der Waals surface area contributed by atoms with Crippen LogP contribution in [0.4, 0.5) is 4.79 Å². The van der Waals surface area contributed by atoms with Gasteiger partial charge in [0.25, 0.3) is 0 Å². The molecule has 1 saturated heterocycles. The quantitative estimate of drug-likeness (QED) is 0.636. The zero-order chi connectivity index (χ0) is 17.7. The highest BCUT2D eigenvalue weighted by Gasteiger charge is 2.31. The summed E-state index contributed by atoms with van der Waals surface area (Å²) in [6, 6.07) is 2.78. The Morgan fingerprint density at radius 2 is 2.12 bits per heavy atom. The molecule has 134 valence electrons. The van der Waals surface area contributed by atoms with Gasteiger partial charge >= 0.3 is 12.0 Å². The lowest BCUT2D eigenvalue weighted by atomic mass is 9.91. The van der Waals surface area contributed by atoms with Gasteiger partial charge in [0.1, 0.15) is 4.21 Å². The average molecular weight is 375 g/mol. The van der Waals surface area contributed by atoms with E-state index in [-0.39, 0.29) is 35.8 Å². The van der Waals surface area contributed by atoms with Gasteiger partial charge in [0, 0.05) is 26.2 Å². The lowest BCUT2D eigenvalue weighted by Crippen LogP contribution is -2.50. The van der Waals surface area contributed by atoms with Crippen LogP contribution in [0.2, 0.25) is 0 Å². The Labute approximate surface area is 144 Å². The van der Waals surface area contributed by atoms with Crippen LogP contribution < -0.4 is 10.0 Å². The number of carbonyl (C=O) groups excluding carboxylic acids is 1. The molecule has 1 aromatic rings. The molecule has 1 aromatic heterocycles. The van der Waals surface area contributed by atoms with E-state index in [1.807, 2.05) is 6.92 Å². The molecule has 2 amide bonds. The topological polar surface area (TPSA) is 116 Å². The van der Waals surface area contributed by atoms with E-state index in [1.165, 1.54) is 11.0 Å². The first-order valence-electron chi connectivity index (χ1n) is 7.58. The number of carboxylic acids is 1. The van der Waals surface area contributed by atoms with Gasteiger partial charge in [-0.1, -0.05) is 13.0 Å². The van der Waals surface area contributed by atoms with Crippen molar-refractivity contribution in [3.05, 3.63) is 17.5 Å². The number of urea groups is 1. The number of aliphatic carboxylic acids is 1. The number of nitrogens with zero attached hydrogens (tertiary/aromatic N) is 1. The van der Waals surface area contributed by atoms with Crippen LogP contribution in [0.5, 0.6) is 0 Å². The summed E-state index contributed by atoms with van der Waals surface area (Å²) in [4.78, 5) is 24.7. The van der Waals surface area contributed by atoms with Crippen LogP contribution >= 0.6 is 11.3 Å². The molecule has 3 N–H and O–H groups in total. The summed E-state index contributed by atoms with van der Waals surface area (Å²) in [5.74, 6) is -1.34. The molecule has 1 aliphatic heterocycles. The van der Waals surface area contributed by atoms with Crippen molar-refractivity contribution in [2.75, 3.05) is 26.2 Å². The highest BCUT2D eigenvalue weighted by molar-refractivity contribution is 7.91. The second-order valence-corrected chi connectivity index (χ2v) is 8.78. The third-order valence-corrected chi connectivity index (χ3v) is 6.61. The zero-order valence-corrected chi connectivity index (χ0v) is 14.9. The van der Waals surface area contributed by atoms with Crippen LogP contribution in [0.1, 0.15) is 13.3 Å². The number of sulfonamides is 1. The van der Waals surface area contributed by atoms with Crippen molar-refractivity contribution >= 4 is 33.4 Å². The monoisotopic (exact) mass is 375 g/mol. The van der Waals surface area contributed by atoms with E-state index >= 15 is 0 Å². The van der Waals surface area contributed by atoms with Gasteiger partial charge in [0.15, 0.2) is 0 Å². The van der Waals surface area contributed by atoms with E-state index in [0.29, 0.717) is 13.0 Å². The van der Waals surface area contributed by atoms with Gasteiger partial charge in [-0.15, -0.1) is 11.3 Å². The summed E-state index contributed by atoms with van der Waals surface area (Å²) >= 11 is 1.12. The number of rotatable bonds is 6. The standard InChI is InChI=1S/C14H21N3O5S2/c1-10-7-11(13(18)19)9-17(8-10)14(20)15-4-5-16-24(21,22)12-3-2-6-23-12/h2-3,6,10-11,16H,4-5,7-9H2,1H3,(H,15,20)(H,18,19). The molecule has 10 heteroatoms. The molecule has 2 unspecified atom stereocenters. The molecule has 0 spiro atoms. The van der Waals surface area contributed by atoms with E-state index in [2.05, 4.69) is 10.0 Å². The first-order chi connectivity index (χ1) is 11.3. The minimum absolute atomic E-state index is 0.0672. The lowest BCUT2D eigenvalue weighted by Gasteiger charge is -2.34. The normalized spacial score (nSPS) is 21.5. The highest BCUT2D eigenvalue weighted by atomic mass is 32.2. The number of carbonyl (C=O) groups is 2. The van der Waals surface area contributed by atoms with E-state index < -0.39 is 21.9 Å². The Balaban J connectivity index is 1.78. The summed E-state index contributed by atoms with van der Waals surface area (Å²) < 4.78 is 26.5.